The van der Waals surface area contributed by atoms with Crippen molar-refractivity contribution < 1.29 is 9.21 Å². The van der Waals surface area contributed by atoms with Crippen molar-refractivity contribution in [3.05, 3.63) is 35.5 Å². The second-order valence-corrected chi connectivity index (χ2v) is 8.32. The second-order valence-electron chi connectivity index (χ2n) is 8.32. The molecule has 1 aliphatic carbocycles. The van der Waals surface area contributed by atoms with Crippen LogP contribution in [0.1, 0.15) is 56.0 Å². The van der Waals surface area contributed by atoms with Gasteiger partial charge in [0.05, 0.1) is 11.9 Å². The van der Waals surface area contributed by atoms with Gasteiger partial charge in [-0.25, -0.2) is 9.97 Å². The fraction of sp³-hybridized carbons (Fsp3) is 0.476. The molecule has 10 nitrogen and oxygen atoms in total. The van der Waals surface area contributed by atoms with E-state index in [-0.39, 0.29) is 18.0 Å². The van der Waals surface area contributed by atoms with Gasteiger partial charge in [-0.2, -0.15) is 10.1 Å². The van der Waals surface area contributed by atoms with Crippen molar-refractivity contribution in [2.75, 3.05) is 22.1 Å². The van der Waals surface area contributed by atoms with E-state index in [0.717, 1.165) is 67.2 Å². The van der Waals surface area contributed by atoms with Crippen molar-refractivity contribution in [3.63, 3.8) is 0 Å². The average Bonchev–Trinajstić information content (AvgIpc) is 3.53. The first kappa shape index (κ1) is 19.5. The van der Waals surface area contributed by atoms with Crippen molar-refractivity contribution in [2.45, 2.75) is 57.9 Å². The van der Waals surface area contributed by atoms with Crippen LogP contribution in [-0.4, -0.2) is 43.6 Å². The summed E-state index contributed by atoms with van der Waals surface area (Å²) in [4.78, 5) is 28.5. The number of amides is 1. The zero-order valence-corrected chi connectivity index (χ0v) is 17.7. The number of aryl methyl sites for hydroxylation is 1. The number of fused-ring (bicyclic) bond motifs is 1. The lowest BCUT2D eigenvalue weighted by Crippen LogP contribution is -2.40. The topological polar surface area (TPSA) is 125 Å². The molecule has 2 aliphatic rings. The van der Waals surface area contributed by atoms with Gasteiger partial charge >= 0.3 is 6.01 Å². The Kier molecular flexibility index (Phi) is 5.05. The Morgan fingerprint density at radius 2 is 2.19 bits per heavy atom. The van der Waals surface area contributed by atoms with Crippen LogP contribution in [0.5, 0.6) is 0 Å². The summed E-state index contributed by atoms with van der Waals surface area (Å²) >= 11 is 0. The lowest BCUT2D eigenvalue weighted by molar-refractivity contribution is -0.117. The minimum Gasteiger partial charge on any atom is -0.432 e. The molecule has 1 aliphatic heterocycles. The number of aromatic nitrogens is 5. The average molecular weight is 422 g/mol. The number of hydrogen-bond donors (Lipinski definition) is 3. The van der Waals surface area contributed by atoms with Crippen LogP contribution in [0.2, 0.25) is 0 Å². The maximum absolute atomic E-state index is 12.8. The Labute approximate surface area is 179 Å². The van der Waals surface area contributed by atoms with E-state index in [4.69, 9.17) is 14.4 Å². The molecule has 4 heterocycles. The van der Waals surface area contributed by atoms with Gasteiger partial charge in [0.1, 0.15) is 18.1 Å². The number of carbonyl (C=O) groups excluding carboxylic acids is 1. The van der Waals surface area contributed by atoms with Crippen LogP contribution in [0.4, 0.5) is 23.6 Å². The number of oxazole rings is 1. The van der Waals surface area contributed by atoms with Gasteiger partial charge in [-0.1, -0.05) is 13.8 Å². The minimum absolute atomic E-state index is 0.160. The lowest BCUT2D eigenvalue weighted by Gasteiger charge is -2.24. The number of nitrogens with one attached hydrogen (secondary N) is 3. The molecule has 31 heavy (non-hydrogen) atoms. The van der Waals surface area contributed by atoms with Crippen LogP contribution in [-0.2, 0) is 17.6 Å². The van der Waals surface area contributed by atoms with E-state index in [0.29, 0.717) is 11.9 Å². The van der Waals surface area contributed by atoms with E-state index in [1.165, 1.54) is 12.5 Å². The Bertz CT molecular complexity index is 1080. The Balaban J connectivity index is 1.42. The second kappa shape index (κ2) is 8.01. The van der Waals surface area contributed by atoms with Gasteiger partial charge in [-0.05, 0) is 38.0 Å². The largest absolute Gasteiger partial charge is 0.432 e. The molecule has 3 N–H and O–H groups in total. The Morgan fingerprint density at radius 1 is 1.29 bits per heavy atom. The molecule has 0 unspecified atom stereocenters. The van der Waals surface area contributed by atoms with E-state index in [2.05, 4.69) is 39.7 Å². The number of carbonyl (C=O) groups is 1. The van der Waals surface area contributed by atoms with Gasteiger partial charge in [0.15, 0.2) is 5.82 Å². The molecule has 1 amide bonds. The number of aromatic amines is 1. The molecule has 162 valence electrons. The molecular weight excluding hydrogens is 396 g/mol. The van der Waals surface area contributed by atoms with Crippen LogP contribution < -0.4 is 15.5 Å². The molecule has 3 aromatic heterocycles. The van der Waals surface area contributed by atoms with E-state index >= 15 is 0 Å². The summed E-state index contributed by atoms with van der Waals surface area (Å²) in [7, 11) is 0. The van der Waals surface area contributed by atoms with Crippen LogP contribution in [0.25, 0.3) is 0 Å². The summed E-state index contributed by atoms with van der Waals surface area (Å²) in [5.74, 6) is 2.29. The van der Waals surface area contributed by atoms with Gasteiger partial charge < -0.3 is 14.6 Å². The van der Waals surface area contributed by atoms with Gasteiger partial charge in [0.25, 0.3) is 5.91 Å². The minimum atomic E-state index is -0.364. The number of H-pyrrole nitrogens is 1. The summed E-state index contributed by atoms with van der Waals surface area (Å²) in [6.07, 6.45) is 7.46. The smallest absolute Gasteiger partial charge is 0.301 e. The van der Waals surface area contributed by atoms with E-state index in [1.54, 1.807) is 0 Å². The first-order valence-electron chi connectivity index (χ1n) is 10.8. The molecule has 0 spiro atoms. The highest BCUT2D eigenvalue weighted by molar-refractivity contribution is 5.95. The number of hydrogen-bond acceptors (Lipinski definition) is 8. The van der Waals surface area contributed by atoms with Gasteiger partial charge in [-0.15, -0.1) is 0 Å². The fourth-order valence-corrected chi connectivity index (χ4v) is 4.22. The van der Waals surface area contributed by atoms with E-state index in [9.17, 15) is 4.79 Å². The van der Waals surface area contributed by atoms with Crippen molar-refractivity contribution in [1.29, 1.82) is 0 Å². The molecule has 0 aromatic carbocycles. The molecule has 3 aromatic rings. The highest BCUT2D eigenvalue weighted by atomic mass is 16.4. The summed E-state index contributed by atoms with van der Waals surface area (Å²) in [6, 6.07) is 1.85. The number of anilines is 4. The number of rotatable bonds is 6. The predicted molar refractivity (Wildman–Crippen MR) is 116 cm³/mol. The molecule has 0 radical (unpaired) electrons. The molecule has 5 rings (SSSR count). The highest BCUT2D eigenvalue weighted by Crippen LogP contribution is 2.33. The van der Waals surface area contributed by atoms with Crippen LogP contribution in [0.15, 0.2) is 22.9 Å². The molecule has 0 saturated carbocycles. The lowest BCUT2D eigenvalue weighted by atomic mass is 10.1. The first-order chi connectivity index (χ1) is 15.1. The maximum atomic E-state index is 12.8. The SMILES string of the molecule is CC(C)c1cc(Nc2nc(N3CCC[C@H]3C(=O)Nc3ncco3)nc3c2CCC3)n[nH]1. The van der Waals surface area contributed by atoms with Crippen molar-refractivity contribution in [3.8, 4) is 0 Å². The molecular formula is C21H26N8O2. The van der Waals surface area contributed by atoms with E-state index < -0.39 is 0 Å². The highest BCUT2D eigenvalue weighted by Gasteiger charge is 2.34. The third-order valence-electron chi connectivity index (χ3n) is 5.86. The third kappa shape index (κ3) is 3.85. The normalized spacial score (nSPS) is 17.9. The molecule has 1 fully saturated rings. The summed E-state index contributed by atoms with van der Waals surface area (Å²) in [5, 5.41) is 13.6. The molecule has 1 atom stereocenters. The summed E-state index contributed by atoms with van der Waals surface area (Å²) < 4.78 is 5.16. The van der Waals surface area contributed by atoms with Crippen molar-refractivity contribution in [1.82, 2.24) is 25.1 Å². The standard InChI is InChI=1S/C21H26N8O2/c1-12(2)15-11-17(28-27-15)24-18-13-5-3-6-14(13)23-20(25-18)29-9-4-7-16(29)19(30)26-21-22-8-10-31-21/h8,10-12,16H,3-7,9H2,1-2H3,(H,22,26,30)(H2,23,24,25,27,28)/t16-/m0/s1. The Hall–Kier alpha value is -3.43. The van der Waals surface area contributed by atoms with Crippen molar-refractivity contribution >= 4 is 29.5 Å². The van der Waals surface area contributed by atoms with Crippen molar-refractivity contribution in [2.24, 2.45) is 0 Å². The summed E-state index contributed by atoms with van der Waals surface area (Å²) in [6.45, 7) is 4.96. The third-order valence-corrected chi connectivity index (χ3v) is 5.86. The van der Waals surface area contributed by atoms with Crippen LogP contribution in [0.3, 0.4) is 0 Å². The quantitative estimate of drug-likeness (QED) is 0.553. The van der Waals surface area contributed by atoms with Crippen LogP contribution >= 0.6 is 0 Å². The van der Waals surface area contributed by atoms with Gasteiger partial charge in [0.2, 0.25) is 5.95 Å². The van der Waals surface area contributed by atoms with Gasteiger partial charge in [-0.3, -0.25) is 15.2 Å². The number of nitrogens with zero attached hydrogens (tertiary/aromatic N) is 5. The maximum Gasteiger partial charge on any atom is 0.301 e. The molecule has 1 saturated heterocycles. The first-order valence-corrected chi connectivity index (χ1v) is 10.8. The van der Waals surface area contributed by atoms with Gasteiger partial charge in [0, 0.05) is 23.9 Å². The van der Waals surface area contributed by atoms with Crippen LogP contribution in [0, 0.1) is 0 Å². The summed E-state index contributed by atoms with van der Waals surface area (Å²) in [5.41, 5.74) is 3.25. The predicted octanol–water partition coefficient (Wildman–Crippen LogP) is 3.15. The zero-order chi connectivity index (χ0) is 21.4. The Morgan fingerprint density at radius 3 is 2.97 bits per heavy atom. The molecule has 10 heteroatoms. The molecule has 0 bridgehead atoms. The van der Waals surface area contributed by atoms with E-state index in [1.807, 2.05) is 11.0 Å². The zero-order valence-electron chi connectivity index (χ0n) is 17.7. The monoisotopic (exact) mass is 422 g/mol. The fourth-order valence-electron chi connectivity index (χ4n) is 4.22.